The predicted molar refractivity (Wildman–Crippen MR) is 121 cm³/mol. The molecule has 0 saturated carbocycles. The highest BCUT2D eigenvalue weighted by atomic mass is 79.9. The summed E-state index contributed by atoms with van der Waals surface area (Å²) in [4.78, 5) is 12.0. The molecule has 0 heterocycles. The topological polar surface area (TPSA) is 80.2 Å². The molecular formula is C21H24Br2N2O4. The number of halogens is 2. The molecule has 0 fully saturated rings. The van der Waals surface area contributed by atoms with Crippen LogP contribution in [0.15, 0.2) is 44.4 Å². The Morgan fingerprint density at radius 2 is 1.83 bits per heavy atom. The summed E-state index contributed by atoms with van der Waals surface area (Å²) in [7, 11) is 0. The summed E-state index contributed by atoms with van der Waals surface area (Å²) in [5, 5.41) is 14.0. The molecule has 156 valence electrons. The van der Waals surface area contributed by atoms with Gasteiger partial charge in [-0.05, 0) is 68.0 Å². The minimum atomic E-state index is -0.389. The van der Waals surface area contributed by atoms with Crippen LogP contribution in [0.4, 0.5) is 0 Å². The Hall–Kier alpha value is -2.06. The first-order valence-electron chi connectivity index (χ1n) is 9.02. The first-order valence-corrected chi connectivity index (χ1v) is 10.6. The Labute approximate surface area is 187 Å². The molecule has 2 rings (SSSR count). The largest absolute Gasteiger partial charge is 0.503 e. The molecule has 0 radical (unpaired) electrons. The van der Waals surface area contributed by atoms with Gasteiger partial charge in [-0.2, -0.15) is 5.10 Å². The van der Waals surface area contributed by atoms with E-state index in [2.05, 4.69) is 63.2 Å². The van der Waals surface area contributed by atoms with Crippen molar-refractivity contribution < 1.29 is 19.4 Å². The quantitative estimate of drug-likeness (QED) is 0.386. The second-order valence-electron chi connectivity index (χ2n) is 7.23. The molecule has 2 aromatic rings. The zero-order valence-electron chi connectivity index (χ0n) is 16.8. The maximum Gasteiger partial charge on any atom is 0.277 e. The van der Waals surface area contributed by atoms with E-state index in [1.165, 1.54) is 11.8 Å². The molecule has 0 saturated heterocycles. The molecule has 6 nitrogen and oxygen atoms in total. The fourth-order valence-corrected chi connectivity index (χ4v) is 3.21. The van der Waals surface area contributed by atoms with Gasteiger partial charge in [-0.25, -0.2) is 5.43 Å². The van der Waals surface area contributed by atoms with Crippen molar-refractivity contribution in [2.24, 2.45) is 5.10 Å². The molecule has 0 aromatic heterocycles. The van der Waals surface area contributed by atoms with Crippen molar-refractivity contribution in [3.8, 4) is 17.2 Å². The zero-order valence-corrected chi connectivity index (χ0v) is 19.9. The van der Waals surface area contributed by atoms with Crippen LogP contribution < -0.4 is 14.9 Å². The minimum Gasteiger partial charge on any atom is -0.503 e. The number of ether oxygens (including phenoxy) is 2. The molecule has 2 N–H and O–H groups in total. The smallest absolute Gasteiger partial charge is 0.277 e. The number of benzene rings is 2. The number of hydrogen-bond donors (Lipinski definition) is 2. The lowest BCUT2D eigenvalue weighted by Crippen LogP contribution is -2.24. The summed E-state index contributed by atoms with van der Waals surface area (Å²) in [6.45, 7) is 8.48. The summed E-state index contributed by atoms with van der Waals surface area (Å²) in [6.07, 6.45) is 1.45. The molecule has 2 aromatic carbocycles. The fraction of sp³-hybridized carbons (Fsp3) is 0.333. The molecule has 0 unspecified atom stereocenters. The Balaban J connectivity index is 1.94. The number of carbonyl (C=O) groups excluding carboxylic acids is 1. The van der Waals surface area contributed by atoms with E-state index in [1.807, 2.05) is 31.2 Å². The highest BCUT2D eigenvalue weighted by molar-refractivity contribution is 9.13. The van der Waals surface area contributed by atoms with E-state index in [9.17, 15) is 9.90 Å². The SMILES string of the molecule is CCOc1cc(/C=N\NC(=O)COc2ccc(C(C)(C)C)cc2)c(Br)c(Br)c1O. The molecule has 1 amide bonds. The monoisotopic (exact) mass is 526 g/mol. The number of hydrazone groups is 1. The van der Waals surface area contributed by atoms with Crippen LogP contribution >= 0.6 is 31.9 Å². The van der Waals surface area contributed by atoms with Crippen LogP contribution in [0.3, 0.4) is 0 Å². The van der Waals surface area contributed by atoms with Crippen LogP contribution in [0.1, 0.15) is 38.8 Å². The normalized spacial score (nSPS) is 11.5. The van der Waals surface area contributed by atoms with Crippen molar-refractivity contribution in [3.05, 3.63) is 50.4 Å². The van der Waals surface area contributed by atoms with Crippen LogP contribution in [0.2, 0.25) is 0 Å². The molecule has 29 heavy (non-hydrogen) atoms. The van der Waals surface area contributed by atoms with Gasteiger partial charge in [0.1, 0.15) is 5.75 Å². The number of phenols is 1. The zero-order chi connectivity index (χ0) is 21.6. The number of hydrogen-bond acceptors (Lipinski definition) is 5. The Bertz CT molecular complexity index is 891. The van der Waals surface area contributed by atoms with Crippen molar-refractivity contribution in [2.75, 3.05) is 13.2 Å². The maximum atomic E-state index is 12.0. The van der Waals surface area contributed by atoms with Gasteiger partial charge in [0, 0.05) is 10.0 Å². The third-order valence-corrected chi connectivity index (χ3v) is 6.12. The van der Waals surface area contributed by atoms with Crippen LogP contribution in [0.25, 0.3) is 0 Å². The minimum absolute atomic E-state index is 0.00853. The lowest BCUT2D eigenvalue weighted by atomic mass is 9.87. The van der Waals surface area contributed by atoms with Gasteiger partial charge in [-0.15, -0.1) is 0 Å². The van der Waals surface area contributed by atoms with Gasteiger partial charge in [-0.1, -0.05) is 32.9 Å². The predicted octanol–water partition coefficient (Wildman–Crippen LogP) is 5.14. The number of aromatic hydroxyl groups is 1. The number of amides is 1. The van der Waals surface area contributed by atoms with E-state index in [4.69, 9.17) is 9.47 Å². The Kier molecular flexibility index (Phi) is 8.10. The number of nitrogens with zero attached hydrogens (tertiary/aromatic N) is 1. The van der Waals surface area contributed by atoms with E-state index in [0.717, 1.165) is 0 Å². The second kappa shape index (κ2) is 10.1. The first-order chi connectivity index (χ1) is 13.6. The third kappa shape index (κ3) is 6.47. The number of phenolic OH excluding ortho intramolecular Hbond substituents is 1. The summed E-state index contributed by atoms with van der Waals surface area (Å²) in [5.41, 5.74) is 4.29. The lowest BCUT2D eigenvalue weighted by Gasteiger charge is -2.19. The van der Waals surface area contributed by atoms with Crippen molar-refractivity contribution in [2.45, 2.75) is 33.1 Å². The standard InChI is InChI=1S/C21H24Br2N2O4/c1-5-28-16-10-13(18(22)19(23)20(16)27)11-24-25-17(26)12-29-15-8-6-14(7-9-15)21(2,3)4/h6-11,27H,5,12H2,1-4H3,(H,25,26)/b24-11-. The van der Waals surface area contributed by atoms with E-state index < -0.39 is 0 Å². The fourth-order valence-electron chi connectivity index (χ4n) is 2.38. The van der Waals surface area contributed by atoms with E-state index >= 15 is 0 Å². The average molecular weight is 528 g/mol. The van der Waals surface area contributed by atoms with Gasteiger partial charge in [0.25, 0.3) is 5.91 Å². The van der Waals surface area contributed by atoms with Gasteiger partial charge in [0.2, 0.25) is 0 Å². The van der Waals surface area contributed by atoms with Gasteiger partial charge >= 0.3 is 0 Å². The molecular weight excluding hydrogens is 504 g/mol. The average Bonchev–Trinajstić information content (AvgIpc) is 2.68. The summed E-state index contributed by atoms with van der Waals surface area (Å²) < 4.78 is 11.9. The Morgan fingerprint density at radius 1 is 1.17 bits per heavy atom. The molecule has 0 aliphatic rings. The molecule has 0 aliphatic carbocycles. The van der Waals surface area contributed by atoms with E-state index in [1.54, 1.807) is 6.07 Å². The van der Waals surface area contributed by atoms with Crippen molar-refractivity contribution in [1.82, 2.24) is 5.43 Å². The first kappa shape index (κ1) is 23.2. The molecule has 0 aliphatic heterocycles. The van der Waals surface area contributed by atoms with E-state index in [0.29, 0.717) is 32.6 Å². The van der Waals surface area contributed by atoms with Crippen molar-refractivity contribution in [1.29, 1.82) is 0 Å². The van der Waals surface area contributed by atoms with Crippen LogP contribution in [-0.2, 0) is 10.2 Å². The van der Waals surface area contributed by atoms with E-state index in [-0.39, 0.29) is 23.7 Å². The van der Waals surface area contributed by atoms with Gasteiger partial charge in [0.15, 0.2) is 18.1 Å². The van der Waals surface area contributed by atoms with Crippen LogP contribution in [0, 0.1) is 0 Å². The molecule has 0 spiro atoms. The molecule has 0 atom stereocenters. The highest BCUT2D eigenvalue weighted by Gasteiger charge is 2.15. The molecule has 8 heteroatoms. The van der Waals surface area contributed by atoms with Gasteiger partial charge in [-0.3, -0.25) is 4.79 Å². The second-order valence-corrected chi connectivity index (χ2v) is 8.82. The summed E-state index contributed by atoms with van der Waals surface area (Å²) in [6, 6.07) is 9.29. The molecule has 0 bridgehead atoms. The van der Waals surface area contributed by atoms with Crippen LogP contribution in [-0.4, -0.2) is 30.4 Å². The Morgan fingerprint density at radius 3 is 2.41 bits per heavy atom. The van der Waals surface area contributed by atoms with Crippen LogP contribution in [0.5, 0.6) is 17.2 Å². The third-order valence-electron chi connectivity index (χ3n) is 3.96. The highest BCUT2D eigenvalue weighted by Crippen LogP contribution is 2.41. The van der Waals surface area contributed by atoms with Crippen molar-refractivity contribution >= 4 is 44.0 Å². The number of carbonyl (C=O) groups is 1. The maximum absolute atomic E-state index is 12.0. The van der Waals surface area contributed by atoms with Crippen molar-refractivity contribution in [3.63, 3.8) is 0 Å². The summed E-state index contributed by atoms with van der Waals surface area (Å²) >= 11 is 6.67. The van der Waals surface area contributed by atoms with Gasteiger partial charge < -0.3 is 14.6 Å². The number of nitrogens with one attached hydrogen (secondary N) is 1. The van der Waals surface area contributed by atoms with Gasteiger partial charge in [0.05, 0.1) is 17.3 Å². The lowest BCUT2D eigenvalue weighted by molar-refractivity contribution is -0.123. The number of rotatable bonds is 7. The summed E-state index contributed by atoms with van der Waals surface area (Å²) in [5.74, 6) is 0.534.